The lowest BCUT2D eigenvalue weighted by Crippen LogP contribution is -2.15. The van der Waals surface area contributed by atoms with Gasteiger partial charge in [0, 0.05) is 35.2 Å². The zero-order valence-electron chi connectivity index (χ0n) is 13.2. The molecule has 4 rings (SSSR count). The molecule has 4 aromatic rings. The summed E-state index contributed by atoms with van der Waals surface area (Å²) in [7, 11) is 0. The molecule has 2 aromatic heterocycles. The van der Waals surface area contributed by atoms with Gasteiger partial charge in [-0.2, -0.15) is 5.10 Å². The molecule has 122 valence electrons. The van der Waals surface area contributed by atoms with E-state index in [1.165, 1.54) is 0 Å². The maximum Gasteiger partial charge on any atom is 0.257 e. The molecular formula is C19H14N4OS. The van der Waals surface area contributed by atoms with E-state index in [2.05, 4.69) is 15.4 Å². The fourth-order valence-electron chi connectivity index (χ4n) is 2.54. The number of para-hydroxylation sites is 1. The number of thiazole rings is 1. The Morgan fingerprint density at radius 1 is 1.00 bits per heavy atom. The fraction of sp³-hybridized carbons (Fsp3) is 0. The molecule has 0 saturated heterocycles. The van der Waals surface area contributed by atoms with Gasteiger partial charge >= 0.3 is 0 Å². The molecule has 2 heterocycles. The largest absolute Gasteiger partial charge is 0.322 e. The molecule has 0 aliphatic rings. The Hall–Kier alpha value is -3.25. The molecule has 0 radical (unpaired) electrons. The molecule has 1 N–H and O–H groups in total. The quantitative estimate of drug-likeness (QED) is 0.601. The average Bonchev–Trinajstić information content (AvgIpc) is 3.36. The van der Waals surface area contributed by atoms with Crippen molar-refractivity contribution in [1.29, 1.82) is 0 Å². The molecule has 0 unspecified atom stereocenters. The van der Waals surface area contributed by atoms with Crippen molar-refractivity contribution >= 4 is 22.9 Å². The highest BCUT2D eigenvalue weighted by Gasteiger charge is 2.13. The number of carbonyl (C=O) groups excluding carboxylic acids is 1. The van der Waals surface area contributed by atoms with Crippen LogP contribution in [0.3, 0.4) is 0 Å². The number of rotatable bonds is 4. The number of anilines is 1. The van der Waals surface area contributed by atoms with Crippen LogP contribution < -0.4 is 5.32 Å². The van der Waals surface area contributed by atoms with Crippen LogP contribution in [0.1, 0.15) is 10.4 Å². The Labute approximate surface area is 148 Å². The van der Waals surface area contributed by atoms with Gasteiger partial charge in [0.1, 0.15) is 5.01 Å². The SMILES string of the molecule is O=C(Nc1ccc(-c2nccs2)cc1)c1ccccc1-n1cccn1. The minimum atomic E-state index is -0.173. The summed E-state index contributed by atoms with van der Waals surface area (Å²) >= 11 is 1.58. The van der Waals surface area contributed by atoms with Gasteiger partial charge in [0.05, 0.1) is 11.3 Å². The van der Waals surface area contributed by atoms with Crippen molar-refractivity contribution in [2.45, 2.75) is 0 Å². The Kier molecular flexibility index (Phi) is 4.10. The summed E-state index contributed by atoms with van der Waals surface area (Å²) in [5, 5.41) is 10.0. The first-order valence-electron chi connectivity index (χ1n) is 7.71. The molecule has 0 bridgehead atoms. The lowest BCUT2D eigenvalue weighted by molar-refractivity contribution is 0.102. The smallest absolute Gasteiger partial charge is 0.257 e. The number of hydrogen-bond acceptors (Lipinski definition) is 4. The summed E-state index contributed by atoms with van der Waals surface area (Å²) in [4.78, 5) is 17.0. The van der Waals surface area contributed by atoms with Crippen LogP contribution in [0.4, 0.5) is 5.69 Å². The van der Waals surface area contributed by atoms with Crippen molar-refractivity contribution in [3.63, 3.8) is 0 Å². The zero-order chi connectivity index (χ0) is 17.1. The van der Waals surface area contributed by atoms with Crippen molar-refractivity contribution in [3.05, 3.63) is 84.1 Å². The van der Waals surface area contributed by atoms with Gasteiger partial charge in [-0.1, -0.05) is 12.1 Å². The average molecular weight is 346 g/mol. The molecule has 0 atom stereocenters. The van der Waals surface area contributed by atoms with E-state index >= 15 is 0 Å². The summed E-state index contributed by atoms with van der Waals surface area (Å²) in [6.07, 6.45) is 5.28. The first-order chi connectivity index (χ1) is 12.3. The van der Waals surface area contributed by atoms with E-state index in [-0.39, 0.29) is 5.91 Å². The third-order valence-electron chi connectivity index (χ3n) is 3.72. The van der Waals surface area contributed by atoms with Gasteiger partial charge < -0.3 is 5.32 Å². The predicted molar refractivity (Wildman–Crippen MR) is 99.1 cm³/mol. The van der Waals surface area contributed by atoms with E-state index in [0.29, 0.717) is 5.56 Å². The molecule has 2 aromatic carbocycles. The first-order valence-corrected chi connectivity index (χ1v) is 8.59. The highest BCUT2D eigenvalue weighted by atomic mass is 32.1. The maximum absolute atomic E-state index is 12.7. The van der Waals surface area contributed by atoms with Crippen molar-refractivity contribution in [3.8, 4) is 16.3 Å². The van der Waals surface area contributed by atoms with Crippen LogP contribution in [0.2, 0.25) is 0 Å². The molecule has 25 heavy (non-hydrogen) atoms. The van der Waals surface area contributed by atoms with Gasteiger partial charge in [-0.05, 0) is 42.5 Å². The molecule has 1 amide bonds. The summed E-state index contributed by atoms with van der Waals surface area (Å²) < 4.78 is 1.68. The van der Waals surface area contributed by atoms with E-state index in [1.54, 1.807) is 34.5 Å². The molecule has 0 aliphatic carbocycles. The second-order valence-corrected chi connectivity index (χ2v) is 6.23. The number of nitrogens with zero attached hydrogens (tertiary/aromatic N) is 3. The molecule has 0 aliphatic heterocycles. The van der Waals surface area contributed by atoms with Crippen LogP contribution in [0.5, 0.6) is 0 Å². The van der Waals surface area contributed by atoms with Crippen LogP contribution in [-0.2, 0) is 0 Å². The molecular weight excluding hydrogens is 332 g/mol. The fourth-order valence-corrected chi connectivity index (χ4v) is 3.18. The Balaban J connectivity index is 1.57. The third-order valence-corrected chi connectivity index (χ3v) is 4.54. The number of nitrogens with one attached hydrogen (secondary N) is 1. The van der Waals surface area contributed by atoms with Gasteiger partial charge in [0.15, 0.2) is 0 Å². The van der Waals surface area contributed by atoms with Crippen LogP contribution in [-0.4, -0.2) is 20.7 Å². The minimum absolute atomic E-state index is 0.173. The highest BCUT2D eigenvalue weighted by molar-refractivity contribution is 7.13. The Bertz CT molecular complexity index is 977. The summed E-state index contributed by atoms with van der Waals surface area (Å²) in [6, 6.07) is 16.9. The van der Waals surface area contributed by atoms with Gasteiger partial charge in [-0.15, -0.1) is 11.3 Å². The number of carbonyl (C=O) groups is 1. The van der Waals surface area contributed by atoms with E-state index in [0.717, 1.165) is 21.9 Å². The van der Waals surface area contributed by atoms with Gasteiger partial charge in [0.25, 0.3) is 5.91 Å². The number of amides is 1. The van der Waals surface area contributed by atoms with Gasteiger partial charge in [-0.25, -0.2) is 9.67 Å². The monoisotopic (exact) mass is 346 g/mol. The molecule has 0 fully saturated rings. The third kappa shape index (κ3) is 3.20. The van der Waals surface area contributed by atoms with E-state index in [1.807, 2.05) is 60.1 Å². The molecule has 6 heteroatoms. The number of hydrogen-bond donors (Lipinski definition) is 1. The number of aromatic nitrogens is 3. The maximum atomic E-state index is 12.7. The van der Waals surface area contributed by atoms with E-state index in [9.17, 15) is 4.79 Å². The van der Waals surface area contributed by atoms with Crippen LogP contribution in [0.15, 0.2) is 78.6 Å². The van der Waals surface area contributed by atoms with Crippen molar-refractivity contribution < 1.29 is 4.79 Å². The second-order valence-electron chi connectivity index (χ2n) is 5.34. The molecule has 5 nitrogen and oxygen atoms in total. The van der Waals surface area contributed by atoms with Gasteiger partial charge in [0.2, 0.25) is 0 Å². The van der Waals surface area contributed by atoms with E-state index in [4.69, 9.17) is 0 Å². The predicted octanol–water partition coefficient (Wildman–Crippen LogP) is 4.25. The lowest BCUT2D eigenvalue weighted by Gasteiger charge is -2.10. The second kappa shape index (κ2) is 6.70. The summed E-state index contributed by atoms with van der Waals surface area (Å²) in [5.41, 5.74) is 3.07. The Morgan fingerprint density at radius 3 is 2.56 bits per heavy atom. The summed E-state index contributed by atoms with van der Waals surface area (Å²) in [6.45, 7) is 0. The minimum Gasteiger partial charge on any atom is -0.322 e. The van der Waals surface area contributed by atoms with Crippen LogP contribution >= 0.6 is 11.3 Å². The summed E-state index contributed by atoms with van der Waals surface area (Å²) in [5.74, 6) is -0.173. The Morgan fingerprint density at radius 2 is 1.84 bits per heavy atom. The lowest BCUT2D eigenvalue weighted by atomic mass is 10.1. The van der Waals surface area contributed by atoms with E-state index < -0.39 is 0 Å². The van der Waals surface area contributed by atoms with Gasteiger partial charge in [-0.3, -0.25) is 4.79 Å². The molecule has 0 saturated carbocycles. The number of benzene rings is 2. The zero-order valence-corrected chi connectivity index (χ0v) is 14.0. The molecule has 0 spiro atoms. The van der Waals surface area contributed by atoms with Crippen molar-refractivity contribution in [2.24, 2.45) is 0 Å². The van der Waals surface area contributed by atoms with Crippen molar-refractivity contribution in [1.82, 2.24) is 14.8 Å². The highest BCUT2D eigenvalue weighted by Crippen LogP contribution is 2.24. The standard InChI is InChI=1S/C19H14N4OS/c24-18(16-4-1-2-5-17(16)23-12-3-10-21-23)22-15-8-6-14(7-9-15)19-20-11-13-25-19/h1-13H,(H,22,24). The van der Waals surface area contributed by atoms with Crippen LogP contribution in [0.25, 0.3) is 16.3 Å². The topological polar surface area (TPSA) is 59.8 Å². The normalized spacial score (nSPS) is 10.6. The van der Waals surface area contributed by atoms with Crippen LogP contribution in [0, 0.1) is 0 Å². The van der Waals surface area contributed by atoms with Crippen molar-refractivity contribution in [2.75, 3.05) is 5.32 Å². The first kappa shape index (κ1) is 15.3.